The molecule has 6 nitrogen and oxygen atoms in total. The van der Waals surface area contributed by atoms with Gasteiger partial charge < -0.3 is 16.2 Å². The van der Waals surface area contributed by atoms with Crippen molar-refractivity contribution in [1.82, 2.24) is 9.97 Å². The van der Waals surface area contributed by atoms with Gasteiger partial charge in [0.15, 0.2) is 0 Å². The molecule has 1 aliphatic heterocycles. The van der Waals surface area contributed by atoms with Gasteiger partial charge >= 0.3 is 0 Å². The summed E-state index contributed by atoms with van der Waals surface area (Å²) in [6.07, 6.45) is 2.30. The van der Waals surface area contributed by atoms with Crippen molar-refractivity contribution in [3.8, 4) is 0 Å². The average Bonchev–Trinajstić information content (AvgIpc) is 2.33. The number of aromatic amines is 1. The molecular formula is C11H18N4O2. The number of hydrogen-bond donors (Lipinski definition) is 3. The molecular weight excluding hydrogens is 220 g/mol. The fraction of sp³-hybridized carbons (Fsp3) is 0.636. The number of anilines is 1. The van der Waals surface area contributed by atoms with Gasteiger partial charge in [0, 0.05) is 24.7 Å². The monoisotopic (exact) mass is 238 g/mol. The maximum absolute atomic E-state index is 11.8. The second-order valence-corrected chi connectivity index (χ2v) is 4.24. The number of nitrogens with two attached hydrogens (primary N) is 2. The van der Waals surface area contributed by atoms with Gasteiger partial charge in [-0.25, -0.2) is 4.98 Å². The normalized spacial score (nSPS) is 17.2. The molecule has 1 aromatic heterocycles. The van der Waals surface area contributed by atoms with Gasteiger partial charge in [-0.1, -0.05) is 0 Å². The van der Waals surface area contributed by atoms with Crippen molar-refractivity contribution in [2.75, 3.05) is 25.5 Å². The zero-order chi connectivity index (χ0) is 12.3. The molecule has 2 heterocycles. The molecule has 1 saturated heterocycles. The third-order valence-electron chi connectivity index (χ3n) is 3.07. The van der Waals surface area contributed by atoms with Gasteiger partial charge in [0.2, 0.25) is 5.95 Å². The van der Waals surface area contributed by atoms with E-state index in [2.05, 4.69) is 9.97 Å². The minimum atomic E-state index is -0.163. The molecule has 0 unspecified atom stereocenters. The fourth-order valence-electron chi connectivity index (χ4n) is 2.23. The van der Waals surface area contributed by atoms with Gasteiger partial charge in [-0.05, 0) is 25.8 Å². The van der Waals surface area contributed by atoms with E-state index < -0.39 is 0 Å². The topological polar surface area (TPSA) is 107 Å². The van der Waals surface area contributed by atoms with Crippen LogP contribution in [0, 0.1) is 0 Å². The highest BCUT2D eigenvalue weighted by atomic mass is 16.5. The molecule has 0 saturated carbocycles. The molecule has 0 bridgehead atoms. The van der Waals surface area contributed by atoms with Crippen LogP contribution < -0.4 is 17.0 Å². The van der Waals surface area contributed by atoms with Gasteiger partial charge in [-0.15, -0.1) is 0 Å². The first kappa shape index (κ1) is 12.1. The minimum Gasteiger partial charge on any atom is -0.381 e. The first-order chi connectivity index (χ1) is 8.22. The molecule has 0 aromatic carbocycles. The summed E-state index contributed by atoms with van der Waals surface area (Å²) < 4.78 is 5.31. The molecule has 17 heavy (non-hydrogen) atoms. The van der Waals surface area contributed by atoms with E-state index in [1.54, 1.807) is 0 Å². The Labute approximate surface area is 99.4 Å². The molecule has 1 aromatic rings. The van der Waals surface area contributed by atoms with E-state index in [-0.39, 0.29) is 17.4 Å². The van der Waals surface area contributed by atoms with Crippen molar-refractivity contribution in [3.05, 3.63) is 21.6 Å². The van der Waals surface area contributed by atoms with Gasteiger partial charge in [0.05, 0.1) is 5.69 Å². The highest BCUT2D eigenvalue weighted by Gasteiger charge is 2.22. The molecule has 6 heteroatoms. The van der Waals surface area contributed by atoms with Crippen molar-refractivity contribution in [3.63, 3.8) is 0 Å². The summed E-state index contributed by atoms with van der Waals surface area (Å²) in [5.41, 5.74) is 12.4. The highest BCUT2D eigenvalue weighted by Crippen LogP contribution is 2.27. The van der Waals surface area contributed by atoms with Crippen LogP contribution >= 0.6 is 0 Å². The first-order valence-electron chi connectivity index (χ1n) is 5.88. The smallest absolute Gasteiger partial charge is 0.255 e. The van der Waals surface area contributed by atoms with Crippen molar-refractivity contribution in [1.29, 1.82) is 0 Å². The van der Waals surface area contributed by atoms with E-state index in [1.807, 2.05) is 0 Å². The van der Waals surface area contributed by atoms with E-state index in [1.165, 1.54) is 0 Å². The molecule has 1 aliphatic rings. The number of rotatable bonds is 3. The van der Waals surface area contributed by atoms with Crippen LogP contribution in [0.2, 0.25) is 0 Å². The number of H-pyrrole nitrogens is 1. The lowest BCUT2D eigenvalue weighted by molar-refractivity contribution is 0.0843. The number of nitrogens with one attached hydrogen (secondary N) is 1. The lowest BCUT2D eigenvalue weighted by Gasteiger charge is -2.23. The zero-order valence-corrected chi connectivity index (χ0v) is 9.74. The lowest BCUT2D eigenvalue weighted by Crippen LogP contribution is -2.26. The summed E-state index contributed by atoms with van der Waals surface area (Å²) in [4.78, 5) is 18.6. The Balaban J connectivity index is 2.38. The Bertz CT molecular complexity index is 438. The number of ether oxygens (including phenoxy) is 1. The minimum absolute atomic E-state index is 0.163. The van der Waals surface area contributed by atoms with Crippen LogP contribution in [0.3, 0.4) is 0 Å². The molecule has 0 spiro atoms. The number of aromatic nitrogens is 2. The summed E-state index contributed by atoms with van der Waals surface area (Å²) in [5.74, 6) is 0.437. The molecule has 0 radical (unpaired) electrons. The van der Waals surface area contributed by atoms with Crippen molar-refractivity contribution >= 4 is 5.95 Å². The van der Waals surface area contributed by atoms with E-state index in [9.17, 15) is 4.79 Å². The Morgan fingerprint density at radius 3 is 2.76 bits per heavy atom. The quantitative estimate of drug-likeness (QED) is 0.673. The van der Waals surface area contributed by atoms with Crippen LogP contribution in [0.1, 0.15) is 30.0 Å². The molecule has 0 aliphatic carbocycles. The fourth-order valence-corrected chi connectivity index (χ4v) is 2.23. The molecule has 1 fully saturated rings. The highest BCUT2D eigenvalue weighted by molar-refractivity contribution is 5.28. The van der Waals surface area contributed by atoms with E-state index in [0.717, 1.165) is 18.5 Å². The van der Waals surface area contributed by atoms with Gasteiger partial charge in [0.1, 0.15) is 0 Å². The maximum Gasteiger partial charge on any atom is 0.255 e. The van der Waals surface area contributed by atoms with Crippen molar-refractivity contribution < 1.29 is 4.74 Å². The summed E-state index contributed by atoms with van der Waals surface area (Å²) in [7, 11) is 0. The van der Waals surface area contributed by atoms with Crippen LogP contribution in [0.15, 0.2) is 4.79 Å². The summed E-state index contributed by atoms with van der Waals surface area (Å²) >= 11 is 0. The Morgan fingerprint density at radius 2 is 2.12 bits per heavy atom. The van der Waals surface area contributed by atoms with Crippen LogP contribution in [0.25, 0.3) is 0 Å². The summed E-state index contributed by atoms with van der Waals surface area (Å²) in [6.45, 7) is 1.85. The molecule has 0 atom stereocenters. The second-order valence-electron chi connectivity index (χ2n) is 4.24. The maximum atomic E-state index is 11.8. The van der Waals surface area contributed by atoms with Crippen LogP contribution in [-0.4, -0.2) is 29.7 Å². The average molecular weight is 238 g/mol. The van der Waals surface area contributed by atoms with Gasteiger partial charge in [-0.3, -0.25) is 9.78 Å². The van der Waals surface area contributed by atoms with E-state index in [4.69, 9.17) is 16.2 Å². The van der Waals surface area contributed by atoms with Gasteiger partial charge in [-0.2, -0.15) is 0 Å². The van der Waals surface area contributed by atoms with Crippen molar-refractivity contribution in [2.24, 2.45) is 5.73 Å². The van der Waals surface area contributed by atoms with Crippen LogP contribution in [-0.2, 0) is 11.2 Å². The van der Waals surface area contributed by atoms with Gasteiger partial charge in [0.25, 0.3) is 5.56 Å². The Hall–Kier alpha value is -1.40. The van der Waals surface area contributed by atoms with E-state index >= 15 is 0 Å². The van der Waals surface area contributed by atoms with E-state index in [0.29, 0.717) is 31.7 Å². The first-order valence-corrected chi connectivity index (χ1v) is 5.88. The Kier molecular flexibility index (Phi) is 3.75. The molecule has 94 valence electrons. The zero-order valence-electron chi connectivity index (χ0n) is 9.74. The SMILES string of the molecule is NCCc1c(C2CCOCC2)nc(N)[nH]c1=O. The number of nitrogens with zero attached hydrogens (tertiary/aromatic N) is 1. The standard InChI is InChI=1S/C11H18N4O2/c12-4-1-8-9(7-2-5-17-6-3-7)14-11(13)15-10(8)16/h7H,1-6,12H2,(H3,13,14,15,16). The van der Waals surface area contributed by atoms with Crippen LogP contribution in [0.5, 0.6) is 0 Å². The number of nitrogen functional groups attached to an aromatic ring is 1. The predicted octanol–water partition coefficient (Wildman–Crippen LogP) is -0.253. The third-order valence-corrected chi connectivity index (χ3v) is 3.07. The third kappa shape index (κ3) is 2.65. The molecule has 0 amide bonds. The molecule has 5 N–H and O–H groups in total. The lowest BCUT2D eigenvalue weighted by atomic mass is 9.92. The predicted molar refractivity (Wildman–Crippen MR) is 64.8 cm³/mol. The van der Waals surface area contributed by atoms with Crippen LogP contribution in [0.4, 0.5) is 5.95 Å². The number of hydrogen-bond acceptors (Lipinski definition) is 5. The summed E-state index contributed by atoms with van der Waals surface area (Å²) in [6, 6.07) is 0. The largest absolute Gasteiger partial charge is 0.381 e. The summed E-state index contributed by atoms with van der Waals surface area (Å²) in [5, 5.41) is 0. The molecule has 2 rings (SSSR count). The van der Waals surface area contributed by atoms with Crippen molar-refractivity contribution in [2.45, 2.75) is 25.2 Å². The second kappa shape index (κ2) is 5.29. The Morgan fingerprint density at radius 1 is 1.41 bits per heavy atom.